The number of fused-ring (bicyclic) bond motifs is 4. The molecule has 8 aliphatic rings. The van der Waals surface area contributed by atoms with Gasteiger partial charge in [-0.1, -0.05) is 52.2 Å². The Labute approximate surface area is 622 Å². The molecule has 25 nitrogen and oxygen atoms in total. The molecule has 2 unspecified atom stereocenters. The molecule has 7 fully saturated rings. The Morgan fingerprint density at radius 1 is 0.636 bits per heavy atom. The molecule has 3 N–H and O–H groups in total. The number of hydrogen-bond acceptors (Lipinski definition) is 13. The first-order valence-electron chi connectivity index (χ1n) is 38.3. The summed E-state index contributed by atoms with van der Waals surface area (Å²) < 4.78 is 121. The van der Waals surface area contributed by atoms with Gasteiger partial charge in [0.05, 0.1) is 25.0 Å². The number of nitrogens with one attached hydrogen (secondary N) is 3. The van der Waals surface area contributed by atoms with Gasteiger partial charge in [0, 0.05) is 82.0 Å². The van der Waals surface area contributed by atoms with E-state index in [1.54, 1.807) is 39.8 Å². The molecule has 13 atom stereocenters. The SMILES string of the molecule is CCO[C@@H]1C[C@H]2C(=O)NC3(CCC3)C(=O)N(C)[C@@H](C3CCCC3)C(=O)N(C)[C@H](C(=O)N(C)C)CC(=O)N(C)[C@@H](CC)C(=O)N[C@@H]([C@@H](C)CC)C(=O)N3CC[C@H]3C(=O)N(C)[C@H]3C/C=C\CCN(C3=O)[C@@H](CC3CCC(C(F)(F)F)CC3)C(=O)N(C)CC(=O)N[C@@H](CCC3CC(F)C(C(F)(F)F)C(F)C3)C(=O)N2C1. The minimum absolute atomic E-state index is 0.000778. The third kappa shape index (κ3) is 19.5. The Morgan fingerprint density at radius 2 is 1.28 bits per heavy atom. The lowest BCUT2D eigenvalue weighted by Gasteiger charge is -2.46. The van der Waals surface area contributed by atoms with E-state index in [0.29, 0.717) is 38.5 Å². The number of alkyl halides is 8. The molecule has 0 radical (unpaired) electrons. The van der Waals surface area contributed by atoms with Crippen molar-refractivity contribution in [1.29, 1.82) is 0 Å². The maximum absolute atomic E-state index is 15.5. The normalized spacial score (nSPS) is 33.2. The van der Waals surface area contributed by atoms with Crippen molar-refractivity contribution < 1.29 is 97.4 Å². The molecular formula is C74H112F8N12O13. The molecule has 4 saturated carbocycles. The minimum atomic E-state index is -5.22. The van der Waals surface area contributed by atoms with E-state index in [-0.39, 0.29) is 110 Å². The van der Waals surface area contributed by atoms with Gasteiger partial charge in [0.25, 0.3) is 0 Å². The number of rotatable bonds is 12. The molecule has 107 heavy (non-hydrogen) atoms. The lowest BCUT2D eigenvalue weighted by atomic mass is 9.74. The second kappa shape index (κ2) is 36.1. The summed E-state index contributed by atoms with van der Waals surface area (Å²) in [4.78, 5) is 191. The largest absolute Gasteiger partial charge is 0.397 e. The number of hydrogen-bond donors (Lipinski definition) is 3. The predicted octanol–water partition coefficient (Wildman–Crippen LogP) is 5.86. The van der Waals surface area contributed by atoms with Gasteiger partial charge in [-0.25, -0.2) is 8.78 Å². The van der Waals surface area contributed by atoms with E-state index in [4.69, 9.17) is 4.74 Å². The molecule has 33 heteroatoms. The molecule has 1 spiro atoms. The quantitative estimate of drug-likeness (QED) is 0.153. The highest BCUT2D eigenvalue weighted by atomic mass is 19.4. The third-order valence-electron chi connectivity index (χ3n) is 24.4. The standard InChI is InChI=1S/C74H112F8N12O13/c1-12-42(4)60-69(104)93-34-30-53(93)67(102)89(9)52-23-16-15-19-33-92(68(52)103)56(37-43-24-27-46(28-25-43)73(77,78)79)66(101)87(7)41-57(95)83-50(29-26-44-35-48(75)59(49(76)36-44)74(80,81)82)64(99)94-40-47(107-14-3)38-54(94)63(98)85-72(31-20-32-72)71(106)91(11)61(45-21-17-18-22-45)70(105)90(10)55(65(100)86(5)6)39-58(96)88(8)51(13-2)62(97)84-60/h15-16,42-56,59-61H,12-14,17-41H2,1-11H3,(H,83,95)(H,84,97)(H,85,98)/b16-15-/t42-,43?,44?,46?,47+,48?,49?,50-,51-,52-,53-,54-,55-,56-,59?,60-,61-/m0/s1. The summed E-state index contributed by atoms with van der Waals surface area (Å²) >= 11 is 0. The van der Waals surface area contributed by atoms with Gasteiger partial charge in [0.15, 0.2) is 0 Å². The first kappa shape index (κ1) is 85.4. The van der Waals surface area contributed by atoms with Crippen LogP contribution in [-0.4, -0.2) is 288 Å². The number of carbonyl (C=O) groups excluding carboxylic acids is 12. The van der Waals surface area contributed by atoms with Gasteiger partial charge in [0.2, 0.25) is 70.9 Å². The topological polar surface area (TPSA) is 279 Å². The zero-order valence-electron chi connectivity index (χ0n) is 63.7. The van der Waals surface area contributed by atoms with Crippen LogP contribution in [0.1, 0.15) is 175 Å². The van der Waals surface area contributed by atoms with Crippen molar-refractivity contribution in [1.82, 2.24) is 60.0 Å². The maximum atomic E-state index is 15.5. The van der Waals surface area contributed by atoms with Crippen molar-refractivity contribution in [2.24, 2.45) is 35.5 Å². The number of amides is 12. The second-order valence-electron chi connectivity index (χ2n) is 31.5. The first-order valence-corrected chi connectivity index (χ1v) is 38.3. The van der Waals surface area contributed by atoms with Gasteiger partial charge >= 0.3 is 12.4 Å². The number of ether oxygens (including phenoxy) is 1. The highest BCUT2D eigenvalue weighted by Gasteiger charge is 2.57. The molecule has 602 valence electrons. The Balaban J connectivity index is 1.20. The number of halogens is 8. The van der Waals surface area contributed by atoms with Crippen LogP contribution in [0.5, 0.6) is 0 Å². The van der Waals surface area contributed by atoms with Crippen molar-refractivity contribution in [3.05, 3.63) is 12.2 Å². The Kier molecular flexibility index (Phi) is 28.8. The van der Waals surface area contributed by atoms with E-state index in [1.807, 2.05) is 0 Å². The number of likely N-dealkylation sites (N-methyl/N-ethyl adjacent to an activating group) is 6. The Bertz CT molecular complexity index is 3250. The number of nitrogens with zero attached hydrogens (tertiary/aromatic N) is 9. The summed E-state index contributed by atoms with van der Waals surface area (Å²) in [5.41, 5.74) is -1.69. The van der Waals surface area contributed by atoms with Crippen molar-refractivity contribution >= 4 is 70.9 Å². The van der Waals surface area contributed by atoms with Crippen LogP contribution in [0.15, 0.2) is 12.2 Å². The molecule has 4 aliphatic heterocycles. The highest BCUT2D eigenvalue weighted by Crippen LogP contribution is 2.46. The van der Waals surface area contributed by atoms with E-state index in [0.717, 1.165) is 19.6 Å². The van der Waals surface area contributed by atoms with Crippen molar-refractivity contribution in [2.45, 2.75) is 266 Å². The average molecular weight is 1530 g/mol. The van der Waals surface area contributed by atoms with Crippen molar-refractivity contribution in [2.75, 3.05) is 82.1 Å². The third-order valence-corrected chi connectivity index (χ3v) is 24.4. The molecule has 8 rings (SSSR count). The van der Waals surface area contributed by atoms with Crippen LogP contribution in [0, 0.1) is 35.5 Å². The van der Waals surface area contributed by atoms with Crippen LogP contribution in [0.25, 0.3) is 0 Å². The fraction of sp³-hybridized carbons (Fsp3) is 0.811. The Morgan fingerprint density at radius 3 is 1.83 bits per heavy atom. The van der Waals surface area contributed by atoms with Crippen LogP contribution in [-0.2, 0) is 62.3 Å². The lowest BCUT2D eigenvalue weighted by molar-refractivity contribution is -0.219. The van der Waals surface area contributed by atoms with Gasteiger partial charge in [-0.2, -0.15) is 26.3 Å². The van der Waals surface area contributed by atoms with Crippen LogP contribution in [0.2, 0.25) is 0 Å². The van der Waals surface area contributed by atoms with Crippen LogP contribution >= 0.6 is 0 Å². The summed E-state index contributed by atoms with van der Waals surface area (Å²) in [6.07, 6.45) is -13.0. The molecule has 0 aromatic heterocycles. The molecule has 12 amide bonds. The predicted molar refractivity (Wildman–Crippen MR) is 374 cm³/mol. The van der Waals surface area contributed by atoms with Crippen LogP contribution < -0.4 is 16.0 Å². The van der Waals surface area contributed by atoms with Crippen molar-refractivity contribution in [3.63, 3.8) is 0 Å². The molecule has 3 saturated heterocycles. The zero-order chi connectivity index (χ0) is 79.1. The van der Waals surface area contributed by atoms with E-state index >= 15 is 37.5 Å². The van der Waals surface area contributed by atoms with E-state index < -0.39 is 229 Å². The van der Waals surface area contributed by atoms with E-state index in [9.17, 15) is 55.1 Å². The summed E-state index contributed by atoms with van der Waals surface area (Å²) in [7, 11) is 9.57. The highest BCUT2D eigenvalue weighted by molar-refractivity contribution is 6.01. The van der Waals surface area contributed by atoms with Gasteiger partial charge in [0.1, 0.15) is 78.2 Å². The lowest BCUT2D eigenvalue weighted by Crippen LogP contribution is -2.68. The molecule has 0 aromatic rings. The summed E-state index contributed by atoms with van der Waals surface area (Å²) in [5.74, 6) is -16.5. The van der Waals surface area contributed by atoms with Crippen LogP contribution in [0.3, 0.4) is 0 Å². The zero-order valence-corrected chi connectivity index (χ0v) is 63.7. The fourth-order valence-electron chi connectivity index (χ4n) is 17.4. The number of carbonyl (C=O) groups is 12. The average Bonchev–Trinajstić information content (AvgIpc) is 1.73. The molecule has 0 aromatic carbocycles. The van der Waals surface area contributed by atoms with Gasteiger partial charge in [-0.3, -0.25) is 57.5 Å². The van der Waals surface area contributed by atoms with Gasteiger partial charge in [-0.05, 0) is 146 Å². The monoisotopic (exact) mass is 1530 g/mol. The maximum Gasteiger partial charge on any atom is 0.397 e. The molecule has 4 aliphatic carbocycles. The molecule has 4 heterocycles. The minimum Gasteiger partial charge on any atom is -0.377 e. The summed E-state index contributed by atoms with van der Waals surface area (Å²) in [6.45, 7) is 5.65. The van der Waals surface area contributed by atoms with Crippen molar-refractivity contribution in [3.8, 4) is 0 Å². The van der Waals surface area contributed by atoms with E-state index in [1.165, 1.54) is 73.8 Å². The smallest absolute Gasteiger partial charge is 0.377 e. The fourth-order valence-corrected chi connectivity index (χ4v) is 17.4. The van der Waals surface area contributed by atoms with Gasteiger partial charge in [-0.15, -0.1) is 0 Å². The summed E-state index contributed by atoms with van der Waals surface area (Å²) in [5, 5.41) is 8.41. The molecule has 2 bridgehead atoms. The molecular weight excluding hydrogens is 1420 g/mol. The van der Waals surface area contributed by atoms with E-state index in [2.05, 4.69) is 16.0 Å². The summed E-state index contributed by atoms with van der Waals surface area (Å²) in [6, 6.07) is -12.4. The second-order valence-corrected chi connectivity index (χ2v) is 31.5. The van der Waals surface area contributed by atoms with Gasteiger partial charge < -0.3 is 64.8 Å². The Hall–Kier alpha value is -7.22. The van der Waals surface area contributed by atoms with Crippen LogP contribution in [0.4, 0.5) is 35.1 Å². The first-order chi connectivity index (χ1) is 50.3.